The molecule has 0 aliphatic carbocycles. The second-order valence-electron chi connectivity index (χ2n) is 8.59. The number of anilines is 2. The molecule has 0 radical (unpaired) electrons. The number of hydrogen-bond donors (Lipinski definition) is 3. The van der Waals surface area contributed by atoms with Crippen LogP contribution in [0.3, 0.4) is 0 Å². The van der Waals surface area contributed by atoms with E-state index in [0.717, 1.165) is 19.2 Å². The van der Waals surface area contributed by atoms with Crippen LogP contribution < -0.4 is 26.4 Å². The van der Waals surface area contributed by atoms with Crippen molar-refractivity contribution in [3.8, 4) is 23.1 Å². The average Bonchev–Trinajstić information content (AvgIpc) is 3.21. The minimum absolute atomic E-state index is 0.0723. The summed E-state index contributed by atoms with van der Waals surface area (Å²) in [6, 6.07) is 7.37. The van der Waals surface area contributed by atoms with Crippen molar-refractivity contribution < 1.29 is 22.7 Å². The molecule has 1 fully saturated rings. The van der Waals surface area contributed by atoms with Crippen LogP contribution in [0.1, 0.15) is 30.5 Å². The molecule has 12 heteroatoms. The molecule has 2 aliphatic heterocycles. The fraction of sp³-hybridized carbons (Fsp3) is 0.435. The van der Waals surface area contributed by atoms with Gasteiger partial charge in [-0.25, -0.2) is 4.98 Å². The Morgan fingerprint density at radius 2 is 2.06 bits per heavy atom. The fourth-order valence-electron chi connectivity index (χ4n) is 4.30. The quantitative estimate of drug-likeness (QED) is 0.508. The van der Waals surface area contributed by atoms with E-state index < -0.39 is 11.7 Å². The van der Waals surface area contributed by atoms with Crippen molar-refractivity contribution in [2.75, 3.05) is 43.7 Å². The van der Waals surface area contributed by atoms with Gasteiger partial charge in [-0.05, 0) is 56.6 Å². The second kappa shape index (κ2) is 9.97. The zero-order chi connectivity index (χ0) is 25.2. The monoisotopic (exact) mass is 489 g/mol. The third-order valence-electron chi connectivity index (χ3n) is 6.26. The molecular formula is C23H26F3N7O2. The zero-order valence-electron chi connectivity index (χ0n) is 19.2. The van der Waals surface area contributed by atoms with Gasteiger partial charge < -0.3 is 15.4 Å². The molecule has 0 saturated carbocycles. The Hall–Kier alpha value is -3.56. The zero-order valence-corrected chi connectivity index (χ0v) is 19.2. The molecule has 1 saturated heterocycles. The number of fused-ring (bicyclic) bond motifs is 1. The van der Waals surface area contributed by atoms with E-state index in [9.17, 15) is 23.2 Å². The topological polar surface area (TPSA) is 120 Å². The Balaban J connectivity index is 1.45. The smallest absolute Gasteiger partial charge is 0.419 e. The minimum Gasteiger partial charge on any atom is -0.493 e. The largest absolute Gasteiger partial charge is 0.493 e. The number of carbonyl (C=O) groups excluding carboxylic acids is 1. The summed E-state index contributed by atoms with van der Waals surface area (Å²) >= 11 is 0. The predicted octanol–water partition coefficient (Wildman–Crippen LogP) is 2.89. The van der Waals surface area contributed by atoms with Crippen molar-refractivity contribution in [1.82, 2.24) is 15.4 Å². The summed E-state index contributed by atoms with van der Waals surface area (Å²) in [5, 5.41) is 11.0. The van der Waals surface area contributed by atoms with Gasteiger partial charge in [-0.15, -0.1) is 5.53 Å². The number of aromatic nitrogens is 1. The number of piperidine rings is 1. The molecule has 0 atom stereocenters. The maximum Gasteiger partial charge on any atom is 0.419 e. The summed E-state index contributed by atoms with van der Waals surface area (Å²) in [7, 11) is 1.71. The van der Waals surface area contributed by atoms with Crippen LogP contribution in [-0.2, 0) is 11.0 Å². The van der Waals surface area contributed by atoms with E-state index in [4.69, 9.17) is 10.5 Å². The van der Waals surface area contributed by atoms with E-state index in [1.54, 1.807) is 18.1 Å². The van der Waals surface area contributed by atoms with Crippen LogP contribution in [0.4, 0.5) is 24.5 Å². The first-order valence-corrected chi connectivity index (χ1v) is 11.2. The van der Waals surface area contributed by atoms with Gasteiger partial charge in [-0.3, -0.25) is 15.2 Å². The van der Waals surface area contributed by atoms with E-state index in [0.29, 0.717) is 37.2 Å². The molecule has 1 amide bonds. The Morgan fingerprint density at radius 1 is 1.31 bits per heavy atom. The number of halogens is 3. The van der Waals surface area contributed by atoms with Crippen molar-refractivity contribution in [3.63, 3.8) is 0 Å². The molecule has 1 aromatic carbocycles. The first-order valence-electron chi connectivity index (χ1n) is 11.2. The van der Waals surface area contributed by atoms with E-state index >= 15 is 0 Å². The van der Waals surface area contributed by atoms with E-state index in [-0.39, 0.29) is 41.1 Å². The molecule has 4 N–H and O–H groups in total. The number of nitrogens with one attached hydrogen (secondary N) is 2. The van der Waals surface area contributed by atoms with Crippen molar-refractivity contribution in [3.05, 3.63) is 35.5 Å². The van der Waals surface area contributed by atoms with Crippen LogP contribution in [0.15, 0.2) is 24.3 Å². The highest BCUT2D eigenvalue weighted by molar-refractivity contribution is 5.81. The van der Waals surface area contributed by atoms with E-state index in [1.165, 1.54) is 12.1 Å². The summed E-state index contributed by atoms with van der Waals surface area (Å²) < 4.78 is 47.1. The van der Waals surface area contributed by atoms with Gasteiger partial charge in [0.1, 0.15) is 17.5 Å². The number of ether oxygens (including phenoxy) is 1. The molecule has 2 aliphatic rings. The highest BCUT2D eigenvalue weighted by Crippen LogP contribution is 2.40. The Bertz CT molecular complexity index is 1140. The summed E-state index contributed by atoms with van der Waals surface area (Å²) in [6.45, 7) is 2.25. The molecule has 0 unspecified atom stereocenters. The molecule has 1 aromatic heterocycles. The normalized spacial score (nSPS) is 16.5. The first-order chi connectivity index (χ1) is 16.7. The third kappa shape index (κ3) is 5.41. The fourth-order valence-corrected chi connectivity index (χ4v) is 4.30. The number of likely N-dealkylation sites (tertiary alicyclic amines) is 1. The van der Waals surface area contributed by atoms with Crippen LogP contribution in [0, 0.1) is 17.2 Å². The first kappa shape index (κ1) is 24.6. The van der Waals surface area contributed by atoms with Crippen LogP contribution in [0.5, 0.6) is 5.75 Å². The summed E-state index contributed by atoms with van der Waals surface area (Å²) in [4.78, 5) is 17.7. The van der Waals surface area contributed by atoms with Gasteiger partial charge in [-0.2, -0.15) is 18.4 Å². The third-order valence-corrected chi connectivity index (χ3v) is 6.26. The van der Waals surface area contributed by atoms with Gasteiger partial charge in [0, 0.05) is 25.1 Å². The maximum atomic E-state index is 13.8. The lowest BCUT2D eigenvalue weighted by Crippen LogP contribution is -2.39. The summed E-state index contributed by atoms with van der Waals surface area (Å²) in [5.41, 5.74) is 11.7. The average molecular weight is 490 g/mol. The van der Waals surface area contributed by atoms with Crippen LogP contribution in [-0.4, -0.2) is 49.1 Å². The number of benzene rings is 1. The van der Waals surface area contributed by atoms with Crippen molar-refractivity contribution in [1.29, 1.82) is 5.26 Å². The van der Waals surface area contributed by atoms with Crippen molar-refractivity contribution >= 4 is 17.3 Å². The number of carbonyl (C=O) groups is 1. The van der Waals surface area contributed by atoms with Gasteiger partial charge in [0.05, 0.1) is 23.6 Å². The van der Waals surface area contributed by atoms with Crippen LogP contribution in [0.2, 0.25) is 0 Å². The van der Waals surface area contributed by atoms with E-state index in [2.05, 4.69) is 20.8 Å². The van der Waals surface area contributed by atoms with Crippen molar-refractivity contribution in [2.45, 2.75) is 25.4 Å². The lowest BCUT2D eigenvalue weighted by Gasteiger charge is -2.30. The number of hydrogen-bond acceptors (Lipinski definition) is 8. The molecule has 2 aromatic rings. The number of pyridine rings is 1. The molecule has 35 heavy (non-hydrogen) atoms. The molecular weight excluding hydrogens is 463 g/mol. The van der Waals surface area contributed by atoms with Gasteiger partial charge >= 0.3 is 6.18 Å². The Kier molecular flexibility index (Phi) is 7.00. The Morgan fingerprint density at radius 3 is 2.71 bits per heavy atom. The highest BCUT2D eigenvalue weighted by Gasteiger charge is 2.35. The number of alkyl halides is 3. The molecule has 9 nitrogen and oxygen atoms in total. The molecule has 3 heterocycles. The molecule has 186 valence electrons. The Labute approximate surface area is 200 Å². The number of rotatable bonds is 7. The SMILES string of the molecule is CN1NNc2c1cc(-c1ccc(OCCCN3CCC(C(N)=O)CC3)c(C(F)(F)F)c1)nc2C#N. The van der Waals surface area contributed by atoms with Crippen LogP contribution >= 0.6 is 0 Å². The predicted molar refractivity (Wildman–Crippen MR) is 123 cm³/mol. The number of primary amides is 1. The molecule has 4 rings (SSSR count). The van der Waals surface area contributed by atoms with Gasteiger partial charge in [0.2, 0.25) is 5.91 Å². The number of hydrazine groups is 2. The minimum atomic E-state index is -4.63. The standard InChI is InChI=1S/C23H26F3N7O2/c1-32-19-12-17(29-18(13-27)21(19)30-31-32)15-3-4-20(16(11-15)23(24,25)26)35-10-2-7-33-8-5-14(6-9-33)22(28)34/h3-4,11-12,14,30-31H,2,5-10H2,1H3,(H2,28,34). The summed E-state index contributed by atoms with van der Waals surface area (Å²) in [5.74, 6) is -0.640. The molecule has 0 spiro atoms. The number of amides is 1. The number of nitrogens with two attached hydrogens (primary N) is 1. The van der Waals surface area contributed by atoms with E-state index in [1.807, 2.05) is 6.07 Å². The van der Waals surface area contributed by atoms with Gasteiger partial charge in [0.25, 0.3) is 0 Å². The number of nitrogens with zero attached hydrogens (tertiary/aromatic N) is 4. The lowest BCUT2D eigenvalue weighted by atomic mass is 9.96. The maximum absolute atomic E-state index is 13.8. The van der Waals surface area contributed by atoms with Crippen molar-refractivity contribution in [2.24, 2.45) is 11.7 Å². The second-order valence-corrected chi connectivity index (χ2v) is 8.59. The van der Waals surface area contributed by atoms with Gasteiger partial charge in [0.15, 0.2) is 5.69 Å². The lowest BCUT2D eigenvalue weighted by molar-refractivity contribution is -0.139. The summed E-state index contributed by atoms with van der Waals surface area (Å²) in [6.07, 6.45) is -2.69. The highest BCUT2D eigenvalue weighted by atomic mass is 19.4. The molecule has 0 bridgehead atoms. The van der Waals surface area contributed by atoms with Crippen LogP contribution in [0.25, 0.3) is 11.3 Å². The number of nitriles is 1. The van der Waals surface area contributed by atoms with Gasteiger partial charge in [-0.1, -0.05) is 0 Å².